The fourth-order valence-electron chi connectivity index (χ4n) is 3.84. The van der Waals surface area contributed by atoms with E-state index in [1.165, 1.54) is 39.2 Å². The summed E-state index contributed by atoms with van der Waals surface area (Å²) in [5.74, 6) is 1.67. The van der Waals surface area contributed by atoms with Crippen LogP contribution in [0.4, 0.5) is 0 Å². The molecule has 1 aromatic heterocycles. The molecule has 0 radical (unpaired) electrons. The molecule has 0 aliphatic heterocycles. The summed E-state index contributed by atoms with van der Waals surface area (Å²) in [6, 6.07) is 18.4. The van der Waals surface area contributed by atoms with Crippen molar-refractivity contribution in [2.75, 3.05) is 28.4 Å². The normalized spacial score (nSPS) is 11.6. The number of nitrogens with zero attached hydrogens (tertiary/aromatic N) is 2. The number of rotatable bonds is 8. The van der Waals surface area contributed by atoms with Crippen LogP contribution < -0.4 is 30.2 Å². The van der Waals surface area contributed by atoms with Gasteiger partial charge in [0.15, 0.2) is 0 Å². The average Bonchev–Trinajstić information content (AvgIpc) is 2.92. The second-order valence-corrected chi connectivity index (χ2v) is 7.83. The summed E-state index contributed by atoms with van der Waals surface area (Å²) in [6.07, 6.45) is 0.0431. The lowest BCUT2D eigenvalue weighted by Crippen LogP contribution is -2.40. The van der Waals surface area contributed by atoms with Crippen LogP contribution in [0.25, 0.3) is 11.4 Å². The van der Waals surface area contributed by atoms with Gasteiger partial charge in [0.25, 0.3) is 5.56 Å². The minimum Gasteiger partial charge on any atom is -0.497 e. The molecule has 1 atom stereocenters. The molecule has 3 aromatic carbocycles. The van der Waals surface area contributed by atoms with Crippen molar-refractivity contribution in [1.29, 1.82) is 0 Å². The van der Waals surface area contributed by atoms with Crippen LogP contribution in [-0.2, 0) is 0 Å². The number of hydrogen-bond acceptors (Lipinski definition) is 7. The third-order valence-electron chi connectivity index (χ3n) is 5.73. The summed E-state index contributed by atoms with van der Waals surface area (Å²) < 4.78 is 23.6. The highest BCUT2D eigenvalue weighted by Crippen LogP contribution is 2.27. The van der Waals surface area contributed by atoms with Gasteiger partial charge in [-0.05, 0) is 5.56 Å². The molecule has 4 aromatic rings. The lowest BCUT2D eigenvalue weighted by Gasteiger charge is -2.18. The van der Waals surface area contributed by atoms with Crippen LogP contribution in [0.1, 0.15) is 17.2 Å². The van der Waals surface area contributed by atoms with Crippen molar-refractivity contribution in [1.82, 2.24) is 9.13 Å². The van der Waals surface area contributed by atoms with Crippen LogP contribution in [0.15, 0.2) is 82.5 Å². The Morgan fingerprint density at radius 3 is 1.64 bits per heavy atom. The van der Waals surface area contributed by atoms with Crippen molar-refractivity contribution in [2.24, 2.45) is 0 Å². The van der Waals surface area contributed by atoms with Crippen LogP contribution in [0.2, 0.25) is 0 Å². The predicted octanol–water partition coefficient (Wildman–Crippen LogP) is 3.10. The molecule has 9 heteroatoms. The first-order chi connectivity index (χ1) is 17.4. The van der Waals surface area contributed by atoms with Crippen molar-refractivity contribution < 1.29 is 24.1 Å². The van der Waals surface area contributed by atoms with Gasteiger partial charge in [-0.1, -0.05) is 30.3 Å². The molecule has 1 N–H and O–H groups in total. The van der Waals surface area contributed by atoms with Gasteiger partial charge in [0, 0.05) is 42.6 Å². The minimum atomic E-state index is -1.29. The van der Waals surface area contributed by atoms with Gasteiger partial charge in [0.1, 0.15) is 29.1 Å². The molecule has 1 unspecified atom stereocenters. The zero-order chi connectivity index (χ0) is 25.8. The number of methoxy groups -OCH3 is 4. The smallest absolute Gasteiger partial charge is 0.340 e. The molecule has 9 nitrogen and oxygen atoms in total. The summed E-state index contributed by atoms with van der Waals surface area (Å²) in [7, 11) is 5.93. The summed E-state index contributed by atoms with van der Waals surface area (Å²) >= 11 is 0. The average molecular weight is 491 g/mol. The summed E-state index contributed by atoms with van der Waals surface area (Å²) in [5, 5.41) is 11.2. The zero-order valence-corrected chi connectivity index (χ0v) is 20.3. The van der Waals surface area contributed by atoms with Gasteiger partial charge in [-0.25, -0.2) is 9.36 Å². The van der Waals surface area contributed by atoms with Gasteiger partial charge < -0.3 is 24.1 Å². The number of hydrogen-bond donors (Lipinski definition) is 1. The van der Waals surface area contributed by atoms with Gasteiger partial charge in [0.2, 0.25) is 0 Å². The number of benzene rings is 3. The third kappa shape index (κ3) is 4.69. The van der Waals surface area contributed by atoms with E-state index in [-0.39, 0.29) is 11.3 Å². The Labute approximate surface area is 207 Å². The van der Waals surface area contributed by atoms with Gasteiger partial charge >= 0.3 is 5.69 Å². The Bertz CT molecular complexity index is 1450. The highest BCUT2D eigenvalue weighted by molar-refractivity contribution is 5.49. The summed E-state index contributed by atoms with van der Waals surface area (Å²) in [6.45, 7) is 0. The number of ether oxygens (including phenoxy) is 4. The monoisotopic (exact) mass is 490 g/mol. The standard InChI is InChI=1S/C27H26N2O7/c1-33-20-10-18(11-21(14-20)34-2)28-16-24(25(30)17-8-6-5-7-9-17)26(31)29(27(28)32)19-12-22(35-3)15-23(13-19)36-4/h5-16,25,30H,1-4H3. The Morgan fingerprint density at radius 2 is 1.17 bits per heavy atom. The van der Waals surface area contributed by atoms with E-state index in [9.17, 15) is 14.7 Å². The SMILES string of the molecule is COc1cc(OC)cc(-n2cc(C(O)c3ccccc3)c(=O)n(-c3cc(OC)cc(OC)c3)c2=O)c1. The molecular formula is C27H26N2O7. The Morgan fingerprint density at radius 1 is 0.694 bits per heavy atom. The minimum absolute atomic E-state index is 0.00984. The van der Waals surface area contributed by atoms with Crippen LogP contribution in [0.3, 0.4) is 0 Å². The van der Waals surface area contributed by atoms with Gasteiger partial charge in [-0.15, -0.1) is 0 Å². The molecule has 0 saturated heterocycles. The van der Waals surface area contributed by atoms with Crippen molar-refractivity contribution in [3.8, 4) is 34.4 Å². The van der Waals surface area contributed by atoms with Crippen molar-refractivity contribution >= 4 is 0 Å². The highest BCUT2D eigenvalue weighted by Gasteiger charge is 2.22. The molecule has 0 fully saturated rings. The van der Waals surface area contributed by atoms with Crippen molar-refractivity contribution in [3.63, 3.8) is 0 Å². The largest absolute Gasteiger partial charge is 0.497 e. The first-order valence-electron chi connectivity index (χ1n) is 11.0. The lowest BCUT2D eigenvalue weighted by atomic mass is 10.0. The van der Waals surface area contributed by atoms with Gasteiger partial charge in [0.05, 0.1) is 45.4 Å². The van der Waals surface area contributed by atoms with E-state index in [0.29, 0.717) is 34.2 Å². The number of aliphatic hydroxyl groups is 1. The van der Waals surface area contributed by atoms with Crippen LogP contribution in [0, 0.1) is 0 Å². The molecule has 186 valence electrons. The van der Waals surface area contributed by atoms with Crippen molar-refractivity contribution in [3.05, 3.63) is 105 Å². The topological polar surface area (TPSA) is 101 Å². The predicted molar refractivity (Wildman–Crippen MR) is 134 cm³/mol. The molecule has 0 spiro atoms. The maximum Gasteiger partial charge on any atom is 0.340 e. The maximum absolute atomic E-state index is 13.8. The Kier molecular flexibility index (Phi) is 7.12. The van der Waals surface area contributed by atoms with E-state index in [0.717, 1.165) is 4.57 Å². The molecule has 4 rings (SSSR count). The second kappa shape index (κ2) is 10.4. The van der Waals surface area contributed by atoms with Gasteiger partial charge in [-0.2, -0.15) is 0 Å². The fraction of sp³-hybridized carbons (Fsp3) is 0.185. The molecular weight excluding hydrogens is 464 g/mol. The van der Waals surface area contributed by atoms with Crippen LogP contribution in [-0.4, -0.2) is 42.7 Å². The van der Waals surface area contributed by atoms with E-state index >= 15 is 0 Å². The third-order valence-corrected chi connectivity index (χ3v) is 5.73. The maximum atomic E-state index is 13.8. The molecule has 0 aliphatic rings. The first-order valence-corrected chi connectivity index (χ1v) is 11.0. The quantitative estimate of drug-likeness (QED) is 0.405. The zero-order valence-electron chi connectivity index (χ0n) is 20.3. The molecule has 36 heavy (non-hydrogen) atoms. The van der Waals surface area contributed by atoms with E-state index in [4.69, 9.17) is 18.9 Å². The van der Waals surface area contributed by atoms with Crippen LogP contribution in [0.5, 0.6) is 23.0 Å². The van der Waals surface area contributed by atoms with Gasteiger partial charge in [-0.3, -0.25) is 9.36 Å². The number of aliphatic hydroxyl groups excluding tert-OH is 1. The lowest BCUT2D eigenvalue weighted by molar-refractivity contribution is 0.217. The molecule has 1 heterocycles. The summed E-state index contributed by atoms with van der Waals surface area (Å²) in [5.41, 5.74) is -0.275. The van der Waals surface area contributed by atoms with E-state index < -0.39 is 17.4 Å². The molecule has 0 saturated carbocycles. The summed E-state index contributed by atoms with van der Waals surface area (Å²) in [4.78, 5) is 27.5. The first kappa shape index (κ1) is 24.6. The number of aromatic nitrogens is 2. The Hall–Kier alpha value is -4.50. The Balaban J connectivity index is 2.07. The molecule has 0 aliphatic carbocycles. The second-order valence-electron chi connectivity index (χ2n) is 7.83. The van der Waals surface area contributed by atoms with E-state index in [1.54, 1.807) is 66.7 Å². The highest BCUT2D eigenvalue weighted by atomic mass is 16.5. The molecule has 0 bridgehead atoms. The van der Waals surface area contributed by atoms with Crippen LogP contribution >= 0.6 is 0 Å². The molecule has 0 amide bonds. The van der Waals surface area contributed by atoms with E-state index in [1.807, 2.05) is 0 Å². The van der Waals surface area contributed by atoms with Crippen molar-refractivity contribution in [2.45, 2.75) is 6.10 Å². The fourth-order valence-corrected chi connectivity index (χ4v) is 3.84. The van der Waals surface area contributed by atoms with E-state index in [2.05, 4.69) is 0 Å².